The summed E-state index contributed by atoms with van der Waals surface area (Å²) in [5, 5.41) is 7.11. The van der Waals surface area contributed by atoms with Crippen LogP contribution in [-0.4, -0.2) is 37.6 Å². The first-order valence-corrected chi connectivity index (χ1v) is 8.11. The number of nitrogens with one attached hydrogen (secondary N) is 1. The Kier molecular flexibility index (Phi) is 5.30. The van der Waals surface area contributed by atoms with Gasteiger partial charge in [0.15, 0.2) is 0 Å². The summed E-state index contributed by atoms with van der Waals surface area (Å²) in [4.78, 5) is 20.6. The molecule has 0 aliphatic carbocycles. The fourth-order valence-corrected chi connectivity index (χ4v) is 2.62. The molecule has 2 heterocycles. The number of carbonyl (C=O) groups is 1. The van der Waals surface area contributed by atoms with Gasteiger partial charge in [-0.15, -0.1) is 0 Å². The van der Waals surface area contributed by atoms with Crippen molar-refractivity contribution in [1.29, 1.82) is 0 Å². The Labute approximate surface area is 136 Å². The summed E-state index contributed by atoms with van der Waals surface area (Å²) in [5.74, 6) is 0.603. The summed E-state index contributed by atoms with van der Waals surface area (Å²) < 4.78 is 1.71. The minimum Gasteiger partial charge on any atom is -0.354 e. The van der Waals surface area contributed by atoms with Crippen LogP contribution < -0.4 is 11.1 Å². The lowest BCUT2D eigenvalue weighted by molar-refractivity contribution is -0.121. The summed E-state index contributed by atoms with van der Waals surface area (Å²) in [7, 11) is 0. The Balaban J connectivity index is 1.99. The fourth-order valence-electron chi connectivity index (χ4n) is 2.62. The van der Waals surface area contributed by atoms with Crippen molar-refractivity contribution in [2.75, 3.05) is 6.54 Å². The normalized spacial score (nSPS) is 11.9. The number of amides is 1. The molecule has 126 valence electrons. The third kappa shape index (κ3) is 3.85. The molecule has 0 aromatic carbocycles. The van der Waals surface area contributed by atoms with E-state index in [1.54, 1.807) is 4.52 Å². The molecule has 0 radical (unpaired) electrons. The third-order valence-corrected chi connectivity index (χ3v) is 4.64. The van der Waals surface area contributed by atoms with Gasteiger partial charge in [0.1, 0.15) is 6.33 Å². The number of hydrogen-bond donors (Lipinski definition) is 2. The molecule has 3 N–H and O–H groups in total. The lowest BCUT2D eigenvalue weighted by Crippen LogP contribution is -2.49. The molecular formula is C16H26N6O. The van der Waals surface area contributed by atoms with Crippen LogP contribution in [0, 0.1) is 13.8 Å². The zero-order chi connectivity index (χ0) is 17.0. The lowest BCUT2D eigenvalue weighted by Gasteiger charge is -2.26. The Morgan fingerprint density at radius 1 is 1.35 bits per heavy atom. The van der Waals surface area contributed by atoms with Gasteiger partial charge in [-0.05, 0) is 38.7 Å². The quantitative estimate of drug-likeness (QED) is 0.802. The molecule has 0 aliphatic heterocycles. The van der Waals surface area contributed by atoms with E-state index in [1.807, 2.05) is 27.7 Å². The highest BCUT2D eigenvalue weighted by Crippen LogP contribution is 2.15. The predicted molar refractivity (Wildman–Crippen MR) is 89.1 cm³/mol. The second kappa shape index (κ2) is 7.04. The molecule has 2 aromatic rings. The van der Waals surface area contributed by atoms with E-state index in [9.17, 15) is 4.79 Å². The van der Waals surface area contributed by atoms with Crippen molar-refractivity contribution in [2.45, 2.75) is 58.9 Å². The van der Waals surface area contributed by atoms with Gasteiger partial charge in [-0.2, -0.15) is 10.1 Å². The molecular weight excluding hydrogens is 292 g/mol. The van der Waals surface area contributed by atoms with Crippen LogP contribution in [0.1, 0.15) is 50.1 Å². The molecule has 0 spiro atoms. The van der Waals surface area contributed by atoms with Crippen molar-refractivity contribution in [3.05, 3.63) is 23.3 Å². The van der Waals surface area contributed by atoms with Crippen LogP contribution in [0.15, 0.2) is 6.33 Å². The molecule has 7 heteroatoms. The smallest absolute Gasteiger partial charge is 0.252 e. The number of fused-ring (bicyclic) bond motifs is 1. The highest BCUT2D eigenvalue weighted by atomic mass is 16.1. The molecule has 0 saturated carbocycles. The first kappa shape index (κ1) is 17.3. The van der Waals surface area contributed by atoms with Gasteiger partial charge in [0.2, 0.25) is 5.91 Å². The molecule has 0 unspecified atom stereocenters. The van der Waals surface area contributed by atoms with Crippen LogP contribution in [0.2, 0.25) is 0 Å². The summed E-state index contributed by atoms with van der Waals surface area (Å²) in [5.41, 5.74) is 8.81. The number of nitrogens with two attached hydrogens (primary N) is 1. The molecule has 23 heavy (non-hydrogen) atoms. The van der Waals surface area contributed by atoms with Crippen LogP contribution in [0.25, 0.3) is 5.78 Å². The monoisotopic (exact) mass is 318 g/mol. The van der Waals surface area contributed by atoms with E-state index in [0.717, 1.165) is 29.8 Å². The molecule has 7 nitrogen and oxygen atoms in total. The fraction of sp³-hybridized carbons (Fsp3) is 0.625. The summed E-state index contributed by atoms with van der Waals surface area (Å²) in [6.07, 6.45) is 4.21. The second-order valence-corrected chi connectivity index (χ2v) is 6.08. The van der Waals surface area contributed by atoms with Gasteiger partial charge in [-0.3, -0.25) is 4.79 Å². The van der Waals surface area contributed by atoms with E-state index < -0.39 is 0 Å². The Morgan fingerprint density at radius 3 is 2.70 bits per heavy atom. The maximum absolute atomic E-state index is 12.1. The van der Waals surface area contributed by atoms with E-state index >= 15 is 0 Å². The third-order valence-electron chi connectivity index (χ3n) is 4.64. The summed E-state index contributed by atoms with van der Waals surface area (Å²) in [6.45, 7) is 8.51. The molecule has 2 aromatic heterocycles. The number of aryl methyl sites for hydroxylation is 2. The van der Waals surface area contributed by atoms with E-state index in [2.05, 4.69) is 20.4 Å². The minimum atomic E-state index is -0.317. The topological polar surface area (TPSA) is 98.2 Å². The van der Waals surface area contributed by atoms with Gasteiger partial charge in [0.05, 0.1) is 0 Å². The van der Waals surface area contributed by atoms with Gasteiger partial charge in [0.25, 0.3) is 5.78 Å². The first-order valence-electron chi connectivity index (χ1n) is 8.11. The van der Waals surface area contributed by atoms with Crippen molar-refractivity contribution in [1.82, 2.24) is 24.9 Å². The Hall–Kier alpha value is -2.02. The van der Waals surface area contributed by atoms with Gasteiger partial charge in [-0.1, -0.05) is 13.8 Å². The van der Waals surface area contributed by atoms with E-state index in [0.29, 0.717) is 25.2 Å². The predicted octanol–water partition coefficient (Wildman–Crippen LogP) is 1.31. The largest absolute Gasteiger partial charge is 0.354 e. The minimum absolute atomic E-state index is 0.0132. The van der Waals surface area contributed by atoms with Crippen LogP contribution >= 0.6 is 0 Å². The van der Waals surface area contributed by atoms with E-state index in [1.165, 1.54) is 6.33 Å². The number of nitrogens with zero attached hydrogens (tertiary/aromatic N) is 4. The van der Waals surface area contributed by atoms with Crippen LogP contribution in [0.4, 0.5) is 0 Å². The standard InChI is InChI=1S/C16H26N6O/c1-5-16(17,6-2)9-18-14(23)8-7-13-11(3)21-15-19-10-20-22(15)12(13)4/h10H,5-9,17H2,1-4H3,(H,18,23). The zero-order valence-corrected chi connectivity index (χ0v) is 14.4. The number of carbonyl (C=O) groups excluding carboxylic acids is 1. The zero-order valence-electron chi connectivity index (χ0n) is 14.4. The van der Waals surface area contributed by atoms with Crippen LogP contribution in [0.3, 0.4) is 0 Å². The second-order valence-electron chi connectivity index (χ2n) is 6.08. The molecule has 0 bridgehead atoms. The molecule has 0 saturated heterocycles. The van der Waals surface area contributed by atoms with Crippen LogP contribution in [-0.2, 0) is 11.2 Å². The Morgan fingerprint density at radius 2 is 2.04 bits per heavy atom. The highest BCUT2D eigenvalue weighted by molar-refractivity contribution is 5.76. The van der Waals surface area contributed by atoms with Crippen LogP contribution in [0.5, 0.6) is 0 Å². The summed E-state index contributed by atoms with van der Waals surface area (Å²) >= 11 is 0. The maximum atomic E-state index is 12.1. The molecule has 2 rings (SSSR count). The average Bonchev–Trinajstić information content (AvgIpc) is 3.00. The van der Waals surface area contributed by atoms with Gasteiger partial charge in [-0.25, -0.2) is 9.50 Å². The van der Waals surface area contributed by atoms with E-state index in [-0.39, 0.29) is 11.4 Å². The SMILES string of the molecule is CCC(N)(CC)CNC(=O)CCc1c(C)nc2ncnn2c1C. The molecule has 1 amide bonds. The highest BCUT2D eigenvalue weighted by Gasteiger charge is 2.21. The number of hydrogen-bond acceptors (Lipinski definition) is 5. The van der Waals surface area contributed by atoms with Crippen molar-refractivity contribution >= 4 is 11.7 Å². The Bertz CT molecular complexity index is 689. The van der Waals surface area contributed by atoms with Crippen molar-refractivity contribution in [3.8, 4) is 0 Å². The number of rotatable bonds is 7. The van der Waals surface area contributed by atoms with E-state index in [4.69, 9.17) is 5.73 Å². The van der Waals surface area contributed by atoms with Crippen molar-refractivity contribution < 1.29 is 4.79 Å². The first-order chi connectivity index (χ1) is 10.9. The van der Waals surface area contributed by atoms with Crippen molar-refractivity contribution in [2.24, 2.45) is 5.73 Å². The number of aromatic nitrogens is 4. The summed E-state index contributed by atoms with van der Waals surface area (Å²) in [6, 6.07) is 0. The maximum Gasteiger partial charge on any atom is 0.252 e. The molecule has 0 aliphatic rings. The lowest BCUT2D eigenvalue weighted by atomic mass is 9.94. The molecule has 0 fully saturated rings. The van der Waals surface area contributed by atoms with Gasteiger partial charge in [0, 0.05) is 29.9 Å². The van der Waals surface area contributed by atoms with Gasteiger partial charge >= 0.3 is 0 Å². The van der Waals surface area contributed by atoms with Gasteiger partial charge < -0.3 is 11.1 Å². The molecule has 0 atom stereocenters. The average molecular weight is 318 g/mol. The van der Waals surface area contributed by atoms with Crippen molar-refractivity contribution in [3.63, 3.8) is 0 Å².